The maximum absolute atomic E-state index is 12.2. The fourth-order valence-electron chi connectivity index (χ4n) is 2.66. The Morgan fingerprint density at radius 2 is 1.68 bits per heavy atom. The number of carbonyl (C=O) groups excluding carboxylic acids is 1. The van der Waals surface area contributed by atoms with Gasteiger partial charge in [-0.15, -0.1) is 23.5 Å². The average Bonchev–Trinajstić information content (AvgIpc) is 2.84. The van der Waals surface area contributed by atoms with Gasteiger partial charge in [0.05, 0.1) is 15.9 Å². The van der Waals surface area contributed by atoms with Crippen molar-refractivity contribution in [3.05, 3.63) is 0 Å². The number of esters is 1. The van der Waals surface area contributed by atoms with E-state index in [1.165, 1.54) is 0 Å². The number of hydrogen-bond acceptors (Lipinski definition) is 5. The van der Waals surface area contributed by atoms with Crippen LogP contribution in [-0.4, -0.2) is 38.2 Å². The molecule has 0 radical (unpaired) electrons. The Balaban J connectivity index is 2.13. The Bertz CT molecular complexity index is 383. The van der Waals surface area contributed by atoms with E-state index in [9.17, 15) is 14.7 Å². The minimum atomic E-state index is -0.874. The van der Waals surface area contributed by atoms with E-state index >= 15 is 0 Å². The first kappa shape index (κ1) is 15.0. The molecule has 19 heavy (non-hydrogen) atoms. The maximum atomic E-state index is 12.2. The van der Waals surface area contributed by atoms with E-state index in [4.69, 9.17) is 4.74 Å². The SMILES string of the molecule is CC(C)(C)OC(=O)[C@@H]1CC2(C[C@H]1C(=O)O)SCCS2. The van der Waals surface area contributed by atoms with Gasteiger partial charge in [-0.1, -0.05) is 0 Å². The molecule has 0 unspecified atom stereocenters. The van der Waals surface area contributed by atoms with Crippen LogP contribution in [0.1, 0.15) is 33.6 Å². The van der Waals surface area contributed by atoms with E-state index in [0.717, 1.165) is 11.5 Å². The monoisotopic (exact) mass is 304 g/mol. The van der Waals surface area contributed by atoms with Crippen LogP contribution in [0.2, 0.25) is 0 Å². The van der Waals surface area contributed by atoms with Crippen molar-refractivity contribution in [2.24, 2.45) is 11.8 Å². The normalized spacial score (nSPS) is 29.6. The Hall–Kier alpha value is -0.360. The van der Waals surface area contributed by atoms with Gasteiger partial charge in [-0.25, -0.2) is 0 Å². The van der Waals surface area contributed by atoms with Gasteiger partial charge >= 0.3 is 11.9 Å². The Morgan fingerprint density at radius 3 is 2.16 bits per heavy atom. The second kappa shape index (κ2) is 5.20. The summed E-state index contributed by atoms with van der Waals surface area (Å²) < 4.78 is 5.31. The molecule has 2 rings (SSSR count). The molecule has 1 spiro atoms. The molecule has 2 aliphatic rings. The number of rotatable bonds is 2. The lowest BCUT2D eigenvalue weighted by molar-refractivity contribution is -0.165. The molecule has 1 saturated carbocycles. The van der Waals surface area contributed by atoms with Gasteiger partial charge in [0.15, 0.2) is 0 Å². The second-order valence-electron chi connectivity index (χ2n) is 6.10. The summed E-state index contributed by atoms with van der Waals surface area (Å²) >= 11 is 3.61. The zero-order valence-electron chi connectivity index (χ0n) is 11.5. The zero-order chi connectivity index (χ0) is 14.3. The van der Waals surface area contributed by atoms with Crippen molar-refractivity contribution in [2.45, 2.75) is 43.3 Å². The van der Waals surface area contributed by atoms with Gasteiger partial charge in [0.2, 0.25) is 0 Å². The van der Waals surface area contributed by atoms with Gasteiger partial charge in [0.25, 0.3) is 0 Å². The van der Waals surface area contributed by atoms with E-state index < -0.39 is 23.4 Å². The molecule has 108 valence electrons. The molecule has 0 aromatic heterocycles. The summed E-state index contributed by atoms with van der Waals surface area (Å²) in [7, 11) is 0. The Morgan fingerprint density at radius 1 is 1.16 bits per heavy atom. The van der Waals surface area contributed by atoms with Crippen molar-refractivity contribution in [1.29, 1.82) is 0 Å². The van der Waals surface area contributed by atoms with E-state index in [-0.39, 0.29) is 10.0 Å². The van der Waals surface area contributed by atoms with Crippen LogP contribution in [0.5, 0.6) is 0 Å². The van der Waals surface area contributed by atoms with Gasteiger partial charge in [0, 0.05) is 11.5 Å². The van der Waals surface area contributed by atoms with Crippen molar-refractivity contribution in [3.63, 3.8) is 0 Å². The largest absolute Gasteiger partial charge is 0.481 e. The van der Waals surface area contributed by atoms with Crippen molar-refractivity contribution in [1.82, 2.24) is 0 Å². The molecule has 0 amide bonds. The Kier molecular flexibility index (Phi) is 4.12. The third-order valence-electron chi connectivity index (χ3n) is 3.39. The first-order valence-electron chi connectivity index (χ1n) is 6.46. The number of aliphatic carboxylic acids is 1. The number of carboxylic acid groups (broad SMARTS) is 1. The summed E-state index contributed by atoms with van der Waals surface area (Å²) in [6.45, 7) is 5.43. The molecule has 0 aromatic rings. The van der Waals surface area contributed by atoms with Crippen LogP contribution in [0.25, 0.3) is 0 Å². The van der Waals surface area contributed by atoms with Crippen LogP contribution in [0, 0.1) is 11.8 Å². The van der Waals surface area contributed by atoms with E-state index in [1.54, 1.807) is 23.5 Å². The number of thioether (sulfide) groups is 2. The minimum Gasteiger partial charge on any atom is -0.481 e. The zero-order valence-corrected chi connectivity index (χ0v) is 13.1. The smallest absolute Gasteiger partial charge is 0.310 e. The molecule has 0 bridgehead atoms. The summed E-state index contributed by atoms with van der Waals surface area (Å²) in [4.78, 5) is 23.6. The predicted molar refractivity (Wildman–Crippen MR) is 77.3 cm³/mol. The van der Waals surface area contributed by atoms with E-state index in [2.05, 4.69) is 0 Å². The average molecular weight is 304 g/mol. The molecule has 6 heteroatoms. The first-order valence-corrected chi connectivity index (χ1v) is 8.43. The van der Waals surface area contributed by atoms with Crippen LogP contribution >= 0.6 is 23.5 Å². The molecule has 1 saturated heterocycles. The standard InChI is InChI=1S/C13H20O4S2/c1-12(2,3)17-11(16)9-7-13(18-4-5-19-13)6-8(9)10(14)15/h8-9H,4-7H2,1-3H3,(H,14,15)/t8-,9-/m1/s1. The lowest BCUT2D eigenvalue weighted by Gasteiger charge is -2.24. The maximum Gasteiger partial charge on any atom is 0.310 e. The van der Waals surface area contributed by atoms with Gasteiger partial charge in [-0.05, 0) is 33.6 Å². The van der Waals surface area contributed by atoms with Gasteiger partial charge in [-0.2, -0.15) is 0 Å². The van der Waals surface area contributed by atoms with Crippen molar-refractivity contribution in [2.75, 3.05) is 11.5 Å². The summed E-state index contributed by atoms with van der Waals surface area (Å²) in [5, 5.41) is 9.35. The van der Waals surface area contributed by atoms with Crippen molar-refractivity contribution >= 4 is 35.5 Å². The number of carboxylic acids is 1. The fourth-order valence-corrected chi connectivity index (χ4v) is 6.09. The molecule has 4 nitrogen and oxygen atoms in total. The number of ether oxygens (including phenoxy) is 1. The fraction of sp³-hybridized carbons (Fsp3) is 0.846. The molecule has 0 aromatic carbocycles. The van der Waals surface area contributed by atoms with Crippen LogP contribution in [0.15, 0.2) is 0 Å². The number of hydrogen-bond donors (Lipinski definition) is 1. The van der Waals surface area contributed by atoms with Crippen LogP contribution in [0.4, 0.5) is 0 Å². The summed E-state index contributed by atoms with van der Waals surface area (Å²) in [6, 6.07) is 0. The molecular weight excluding hydrogens is 284 g/mol. The first-order chi connectivity index (χ1) is 8.72. The molecule has 1 heterocycles. The third kappa shape index (κ3) is 3.40. The molecule has 2 fully saturated rings. The van der Waals surface area contributed by atoms with Crippen LogP contribution in [-0.2, 0) is 14.3 Å². The molecule has 1 aliphatic carbocycles. The minimum absolute atomic E-state index is 0.0787. The Labute approximate surface area is 122 Å². The van der Waals surface area contributed by atoms with Crippen LogP contribution < -0.4 is 0 Å². The summed E-state index contributed by atoms with van der Waals surface area (Å²) in [5.74, 6) is -0.260. The van der Waals surface area contributed by atoms with Gasteiger partial charge in [-0.3, -0.25) is 9.59 Å². The molecule has 2 atom stereocenters. The van der Waals surface area contributed by atoms with Crippen molar-refractivity contribution < 1.29 is 19.4 Å². The lowest BCUT2D eigenvalue weighted by atomic mass is 9.96. The van der Waals surface area contributed by atoms with E-state index in [0.29, 0.717) is 12.8 Å². The topological polar surface area (TPSA) is 63.6 Å². The highest BCUT2D eigenvalue weighted by Crippen LogP contribution is 2.58. The highest BCUT2D eigenvalue weighted by Gasteiger charge is 2.54. The second-order valence-corrected chi connectivity index (χ2v) is 9.32. The number of carbonyl (C=O) groups is 2. The van der Waals surface area contributed by atoms with Gasteiger partial charge < -0.3 is 9.84 Å². The highest BCUT2D eigenvalue weighted by atomic mass is 32.2. The molecular formula is C13H20O4S2. The van der Waals surface area contributed by atoms with Crippen LogP contribution in [0.3, 0.4) is 0 Å². The molecule has 1 aliphatic heterocycles. The summed E-state index contributed by atoms with van der Waals surface area (Å²) in [6.07, 6.45) is 1.19. The highest BCUT2D eigenvalue weighted by molar-refractivity contribution is 8.21. The predicted octanol–water partition coefficient (Wildman–Crippen LogP) is 2.62. The quantitative estimate of drug-likeness (QED) is 0.791. The van der Waals surface area contributed by atoms with Crippen molar-refractivity contribution in [3.8, 4) is 0 Å². The lowest BCUT2D eigenvalue weighted by Crippen LogP contribution is -2.32. The van der Waals surface area contributed by atoms with E-state index in [1.807, 2.05) is 20.8 Å². The molecule has 1 N–H and O–H groups in total. The van der Waals surface area contributed by atoms with Gasteiger partial charge in [0.1, 0.15) is 5.60 Å². The summed E-state index contributed by atoms with van der Waals surface area (Å²) in [5.41, 5.74) is -0.564. The third-order valence-corrected chi connectivity index (χ3v) is 6.89.